The van der Waals surface area contributed by atoms with Gasteiger partial charge < -0.3 is 15.2 Å². The quantitative estimate of drug-likeness (QED) is 0.732. The molecule has 0 unspecified atom stereocenters. The number of carboxylic acid groups (broad SMARTS) is 1. The van der Waals surface area contributed by atoms with Gasteiger partial charge in [-0.3, -0.25) is 9.52 Å². The smallest absolute Gasteiger partial charge is 0.332 e. The van der Waals surface area contributed by atoms with Crippen LogP contribution in [0.3, 0.4) is 0 Å². The lowest BCUT2D eigenvalue weighted by Gasteiger charge is -2.14. The Kier molecular flexibility index (Phi) is 4.90. The molecule has 1 saturated heterocycles. The summed E-state index contributed by atoms with van der Waals surface area (Å²) in [4.78, 5) is 22.9. The first kappa shape index (κ1) is 17.2. The van der Waals surface area contributed by atoms with Crippen LogP contribution >= 0.6 is 0 Å². The van der Waals surface area contributed by atoms with Gasteiger partial charge >= 0.3 is 5.97 Å². The van der Waals surface area contributed by atoms with Crippen molar-refractivity contribution in [3.05, 3.63) is 23.8 Å². The van der Waals surface area contributed by atoms with Gasteiger partial charge in [0.1, 0.15) is 6.10 Å². The first-order chi connectivity index (χ1) is 10.7. The average Bonchev–Trinajstić information content (AvgIpc) is 2.91. The molecule has 1 heterocycles. The second-order valence-electron chi connectivity index (χ2n) is 5.42. The topological polar surface area (TPSA) is 122 Å². The Morgan fingerprint density at radius 2 is 1.91 bits per heavy atom. The van der Waals surface area contributed by atoms with E-state index in [1.807, 2.05) is 0 Å². The van der Waals surface area contributed by atoms with Crippen molar-refractivity contribution in [2.75, 3.05) is 16.3 Å². The van der Waals surface area contributed by atoms with E-state index >= 15 is 0 Å². The zero-order valence-electron chi connectivity index (χ0n) is 12.7. The minimum absolute atomic E-state index is 0.280. The first-order valence-electron chi connectivity index (χ1n) is 6.93. The maximum atomic E-state index is 12.1. The number of carboxylic acids is 1. The summed E-state index contributed by atoms with van der Waals surface area (Å²) in [6.07, 6.45) is -0.156. The number of nitrogens with one attached hydrogen (secondary N) is 2. The molecular formula is C14H18N2O6S. The van der Waals surface area contributed by atoms with Crippen molar-refractivity contribution in [2.24, 2.45) is 0 Å². The number of amides is 1. The third-order valence-corrected chi connectivity index (χ3v) is 3.98. The lowest BCUT2D eigenvalue weighted by Crippen LogP contribution is -2.30. The molecule has 1 aromatic carbocycles. The molecule has 2 atom stereocenters. The minimum Gasteiger partial charge on any atom is -0.479 e. The molecule has 0 bridgehead atoms. The van der Waals surface area contributed by atoms with Crippen molar-refractivity contribution >= 4 is 33.3 Å². The number of carbonyl (C=O) groups excluding carboxylic acids is 1. The number of ether oxygens (including phenoxy) is 1. The fraction of sp³-hybridized carbons (Fsp3) is 0.429. The van der Waals surface area contributed by atoms with Crippen molar-refractivity contribution in [1.29, 1.82) is 0 Å². The Morgan fingerprint density at radius 3 is 2.48 bits per heavy atom. The third-order valence-electron chi connectivity index (χ3n) is 3.39. The van der Waals surface area contributed by atoms with Crippen molar-refractivity contribution in [1.82, 2.24) is 0 Å². The molecule has 126 valence electrons. The lowest BCUT2D eigenvalue weighted by molar-refractivity contribution is -0.150. The van der Waals surface area contributed by atoms with Crippen LogP contribution in [-0.2, 0) is 24.3 Å². The molecule has 23 heavy (non-hydrogen) atoms. The normalized spacial score (nSPS) is 21.0. The molecule has 1 amide bonds. The van der Waals surface area contributed by atoms with Gasteiger partial charge in [0.2, 0.25) is 10.0 Å². The summed E-state index contributed by atoms with van der Waals surface area (Å²) >= 11 is 0. The van der Waals surface area contributed by atoms with E-state index in [4.69, 9.17) is 9.84 Å². The monoisotopic (exact) mass is 342 g/mol. The van der Waals surface area contributed by atoms with Gasteiger partial charge in [0, 0.05) is 5.69 Å². The molecule has 1 aliphatic rings. The molecule has 3 N–H and O–H groups in total. The number of sulfonamides is 1. The molecule has 0 spiro atoms. The maximum Gasteiger partial charge on any atom is 0.332 e. The Hall–Kier alpha value is -2.13. The summed E-state index contributed by atoms with van der Waals surface area (Å²) in [6, 6.07) is 4.79. The van der Waals surface area contributed by atoms with E-state index in [1.165, 1.54) is 6.07 Å². The van der Waals surface area contributed by atoms with Crippen LogP contribution in [0.4, 0.5) is 11.4 Å². The zero-order chi connectivity index (χ0) is 17.2. The number of aliphatic carboxylic acids is 1. The van der Waals surface area contributed by atoms with Gasteiger partial charge in [-0.2, -0.15) is 0 Å². The highest BCUT2D eigenvalue weighted by atomic mass is 32.2. The van der Waals surface area contributed by atoms with Crippen LogP contribution in [0.5, 0.6) is 0 Å². The number of carbonyl (C=O) groups is 2. The second-order valence-corrected chi connectivity index (χ2v) is 7.17. The molecule has 2 rings (SSSR count). The summed E-state index contributed by atoms with van der Waals surface area (Å²) in [6.45, 7) is 1.73. The Balaban J connectivity index is 2.07. The highest BCUT2D eigenvalue weighted by Crippen LogP contribution is 2.24. The molecule has 1 aromatic rings. The van der Waals surface area contributed by atoms with E-state index in [-0.39, 0.29) is 6.42 Å². The number of hydrogen-bond acceptors (Lipinski definition) is 5. The second kappa shape index (κ2) is 6.55. The van der Waals surface area contributed by atoms with Crippen LogP contribution < -0.4 is 10.0 Å². The summed E-state index contributed by atoms with van der Waals surface area (Å²) in [5, 5.41) is 11.5. The molecule has 0 aliphatic carbocycles. The molecule has 0 saturated carbocycles. The molecular weight excluding hydrogens is 324 g/mol. The van der Waals surface area contributed by atoms with E-state index in [9.17, 15) is 18.0 Å². The Bertz CT molecular complexity index is 731. The van der Waals surface area contributed by atoms with Gasteiger partial charge in [0.05, 0.1) is 11.9 Å². The van der Waals surface area contributed by atoms with Crippen LogP contribution in [0.1, 0.15) is 18.4 Å². The fourth-order valence-corrected chi connectivity index (χ4v) is 2.86. The Morgan fingerprint density at radius 1 is 1.26 bits per heavy atom. The van der Waals surface area contributed by atoms with Crippen molar-refractivity contribution in [3.63, 3.8) is 0 Å². The van der Waals surface area contributed by atoms with Gasteiger partial charge in [-0.05, 0) is 37.5 Å². The molecule has 1 fully saturated rings. The molecule has 8 nitrogen and oxygen atoms in total. The van der Waals surface area contributed by atoms with Gasteiger partial charge in [0.15, 0.2) is 6.10 Å². The number of anilines is 2. The standard InChI is InChI=1S/C14H18N2O6S/c1-8-3-4-9(7-10(8)16-23(2,20)21)15-13(17)11-5-6-12(22-11)14(18)19/h3-4,7,11-12,16H,5-6H2,1-2H3,(H,15,17)(H,18,19)/t11-,12+/m0/s1. The molecule has 1 aliphatic heterocycles. The van der Waals surface area contributed by atoms with E-state index < -0.39 is 34.1 Å². The lowest BCUT2D eigenvalue weighted by atomic mass is 10.1. The van der Waals surface area contributed by atoms with Gasteiger partial charge in [0.25, 0.3) is 5.91 Å². The van der Waals surface area contributed by atoms with Crippen LogP contribution in [0.25, 0.3) is 0 Å². The fourth-order valence-electron chi connectivity index (χ4n) is 2.24. The van der Waals surface area contributed by atoms with Crippen molar-refractivity contribution in [2.45, 2.75) is 32.0 Å². The number of benzene rings is 1. The average molecular weight is 342 g/mol. The highest BCUT2D eigenvalue weighted by Gasteiger charge is 2.34. The van der Waals surface area contributed by atoms with E-state index in [0.29, 0.717) is 23.4 Å². The predicted molar refractivity (Wildman–Crippen MR) is 83.8 cm³/mol. The first-order valence-corrected chi connectivity index (χ1v) is 8.82. The van der Waals surface area contributed by atoms with Crippen molar-refractivity contribution in [3.8, 4) is 0 Å². The van der Waals surface area contributed by atoms with E-state index in [0.717, 1.165) is 6.26 Å². The van der Waals surface area contributed by atoms with E-state index in [2.05, 4.69) is 10.0 Å². The summed E-state index contributed by atoms with van der Waals surface area (Å²) in [5.41, 5.74) is 1.46. The van der Waals surface area contributed by atoms with Gasteiger partial charge in [-0.15, -0.1) is 0 Å². The minimum atomic E-state index is -3.43. The third kappa shape index (κ3) is 4.67. The maximum absolute atomic E-state index is 12.1. The summed E-state index contributed by atoms with van der Waals surface area (Å²) < 4.78 is 30.2. The summed E-state index contributed by atoms with van der Waals surface area (Å²) in [7, 11) is -3.43. The van der Waals surface area contributed by atoms with Gasteiger partial charge in [-0.25, -0.2) is 13.2 Å². The summed E-state index contributed by atoms with van der Waals surface area (Å²) in [5.74, 6) is -1.54. The van der Waals surface area contributed by atoms with E-state index in [1.54, 1.807) is 19.1 Å². The molecule has 0 radical (unpaired) electrons. The number of aryl methyl sites for hydroxylation is 1. The SMILES string of the molecule is Cc1ccc(NC(=O)[C@@H]2CC[C@H](C(=O)O)O2)cc1NS(C)(=O)=O. The zero-order valence-corrected chi connectivity index (χ0v) is 13.5. The predicted octanol–water partition coefficient (Wildman–Crippen LogP) is 0.937. The Labute approximate surface area is 133 Å². The van der Waals surface area contributed by atoms with Crippen LogP contribution in [0.15, 0.2) is 18.2 Å². The highest BCUT2D eigenvalue weighted by molar-refractivity contribution is 7.92. The van der Waals surface area contributed by atoms with Crippen LogP contribution in [0.2, 0.25) is 0 Å². The molecule has 0 aromatic heterocycles. The molecule has 9 heteroatoms. The number of hydrogen-bond donors (Lipinski definition) is 3. The number of rotatable bonds is 5. The van der Waals surface area contributed by atoms with Crippen LogP contribution in [0, 0.1) is 6.92 Å². The van der Waals surface area contributed by atoms with Gasteiger partial charge in [-0.1, -0.05) is 6.07 Å². The van der Waals surface area contributed by atoms with Crippen LogP contribution in [-0.4, -0.2) is 43.9 Å². The van der Waals surface area contributed by atoms with Crippen molar-refractivity contribution < 1.29 is 27.9 Å². The largest absolute Gasteiger partial charge is 0.479 e.